The molecule has 0 aromatic heterocycles. The number of nitrogens with one attached hydrogen (secondary N) is 1. The average Bonchev–Trinajstić information content (AvgIpc) is 2.80. The molecule has 0 unspecified atom stereocenters. The Labute approximate surface area is 204 Å². The smallest absolute Gasteiger partial charge is 0.271 e. The molecule has 1 amide bonds. The lowest BCUT2D eigenvalue weighted by Crippen LogP contribution is -2.17. The molecular weight excluding hydrogens is 519 g/mol. The monoisotopic (exact) mass is 536 g/mol. The second-order valence-electron chi connectivity index (χ2n) is 6.49. The third kappa shape index (κ3) is 6.16. The standard InChI is InChI=1S/C23H19BrCl2N2O4/c1-30-17-6-4-15(5-7-17)23(29)28-27-12-16-10-21(31-2)22(11-18(16)24)32-13-14-3-8-19(25)20(26)9-14/h3-12H,13H2,1-2H3,(H,28,29)/b27-12+. The lowest BCUT2D eigenvalue weighted by atomic mass is 10.2. The van der Waals surface area contributed by atoms with Crippen molar-refractivity contribution in [2.24, 2.45) is 5.10 Å². The van der Waals surface area contributed by atoms with E-state index in [-0.39, 0.29) is 12.5 Å². The number of hydrazone groups is 1. The Morgan fingerprint density at radius 2 is 1.75 bits per heavy atom. The maximum Gasteiger partial charge on any atom is 0.271 e. The van der Waals surface area contributed by atoms with Crippen molar-refractivity contribution in [3.63, 3.8) is 0 Å². The molecule has 3 aromatic carbocycles. The second-order valence-corrected chi connectivity index (χ2v) is 8.16. The van der Waals surface area contributed by atoms with Gasteiger partial charge in [0, 0.05) is 15.6 Å². The SMILES string of the molecule is COc1ccc(C(=O)N/N=C/c2cc(OC)c(OCc3ccc(Cl)c(Cl)c3)cc2Br)cc1. The van der Waals surface area contributed by atoms with Crippen LogP contribution in [0.25, 0.3) is 0 Å². The van der Waals surface area contributed by atoms with E-state index >= 15 is 0 Å². The first-order valence-electron chi connectivity index (χ1n) is 9.33. The first-order valence-corrected chi connectivity index (χ1v) is 10.9. The lowest BCUT2D eigenvalue weighted by Gasteiger charge is -2.13. The molecule has 3 aromatic rings. The van der Waals surface area contributed by atoms with Gasteiger partial charge in [-0.1, -0.05) is 29.3 Å². The van der Waals surface area contributed by atoms with Crippen molar-refractivity contribution < 1.29 is 19.0 Å². The predicted octanol–water partition coefficient (Wildman–Crippen LogP) is 6.12. The number of amides is 1. The van der Waals surface area contributed by atoms with Crippen LogP contribution in [0.1, 0.15) is 21.5 Å². The number of ether oxygens (including phenoxy) is 3. The van der Waals surface area contributed by atoms with Gasteiger partial charge < -0.3 is 14.2 Å². The molecule has 0 fully saturated rings. The first kappa shape index (κ1) is 23.9. The molecule has 0 atom stereocenters. The van der Waals surface area contributed by atoms with Gasteiger partial charge in [0.05, 0.1) is 30.5 Å². The van der Waals surface area contributed by atoms with E-state index in [0.29, 0.717) is 42.9 Å². The molecule has 0 spiro atoms. The Morgan fingerprint density at radius 1 is 1.00 bits per heavy atom. The number of carbonyl (C=O) groups is 1. The lowest BCUT2D eigenvalue weighted by molar-refractivity contribution is 0.0955. The summed E-state index contributed by atoms with van der Waals surface area (Å²) < 4.78 is 17.1. The molecule has 6 nitrogen and oxygen atoms in total. The number of methoxy groups -OCH3 is 2. The van der Waals surface area contributed by atoms with E-state index in [9.17, 15) is 4.79 Å². The van der Waals surface area contributed by atoms with Crippen LogP contribution in [0.2, 0.25) is 10.0 Å². The highest BCUT2D eigenvalue weighted by atomic mass is 79.9. The summed E-state index contributed by atoms with van der Waals surface area (Å²) in [5.74, 6) is 1.37. The summed E-state index contributed by atoms with van der Waals surface area (Å²) in [5, 5.41) is 4.98. The Balaban J connectivity index is 1.68. The van der Waals surface area contributed by atoms with Crippen LogP contribution in [0, 0.1) is 0 Å². The van der Waals surface area contributed by atoms with Gasteiger partial charge in [-0.2, -0.15) is 5.10 Å². The zero-order valence-corrected chi connectivity index (χ0v) is 20.3. The maximum absolute atomic E-state index is 12.2. The Bertz CT molecular complexity index is 1140. The van der Waals surface area contributed by atoms with Crippen molar-refractivity contribution in [3.8, 4) is 17.2 Å². The van der Waals surface area contributed by atoms with Crippen LogP contribution >= 0.6 is 39.1 Å². The van der Waals surface area contributed by atoms with Gasteiger partial charge in [-0.15, -0.1) is 0 Å². The van der Waals surface area contributed by atoms with E-state index in [4.69, 9.17) is 37.4 Å². The minimum Gasteiger partial charge on any atom is -0.497 e. The molecule has 0 aliphatic heterocycles. The molecule has 9 heteroatoms. The molecule has 32 heavy (non-hydrogen) atoms. The zero-order valence-electron chi connectivity index (χ0n) is 17.2. The third-order valence-electron chi connectivity index (χ3n) is 4.38. The van der Waals surface area contributed by atoms with Crippen molar-refractivity contribution >= 4 is 51.3 Å². The van der Waals surface area contributed by atoms with E-state index < -0.39 is 0 Å². The number of halogens is 3. The van der Waals surface area contributed by atoms with Gasteiger partial charge in [-0.25, -0.2) is 5.43 Å². The number of rotatable bonds is 8. The summed E-state index contributed by atoms with van der Waals surface area (Å²) in [6.07, 6.45) is 1.51. The van der Waals surface area contributed by atoms with E-state index in [0.717, 1.165) is 5.56 Å². The Hall–Kier alpha value is -2.74. The van der Waals surface area contributed by atoms with Crippen molar-refractivity contribution in [1.29, 1.82) is 0 Å². The highest BCUT2D eigenvalue weighted by Gasteiger charge is 2.11. The van der Waals surface area contributed by atoms with Crippen LogP contribution in [0.15, 0.2) is 64.2 Å². The van der Waals surface area contributed by atoms with Crippen LogP contribution in [-0.4, -0.2) is 26.3 Å². The quantitative estimate of drug-likeness (QED) is 0.278. The minimum atomic E-state index is -0.339. The van der Waals surface area contributed by atoms with Crippen LogP contribution in [-0.2, 0) is 6.61 Å². The summed E-state index contributed by atoms with van der Waals surface area (Å²) >= 11 is 15.5. The van der Waals surface area contributed by atoms with Crippen molar-refractivity contribution in [2.45, 2.75) is 6.61 Å². The minimum absolute atomic E-state index is 0.283. The molecule has 0 bridgehead atoms. The van der Waals surface area contributed by atoms with Gasteiger partial charge in [0.1, 0.15) is 12.4 Å². The molecule has 1 N–H and O–H groups in total. The Kier molecular flexibility index (Phi) is 8.39. The van der Waals surface area contributed by atoms with Crippen LogP contribution < -0.4 is 19.6 Å². The number of benzene rings is 3. The number of hydrogen-bond donors (Lipinski definition) is 1. The Morgan fingerprint density at radius 3 is 2.41 bits per heavy atom. The van der Waals surface area contributed by atoms with E-state index in [1.807, 2.05) is 6.07 Å². The van der Waals surface area contributed by atoms with E-state index in [2.05, 4.69) is 26.5 Å². The molecular formula is C23H19BrCl2N2O4. The summed E-state index contributed by atoms with van der Waals surface area (Å²) in [7, 11) is 3.11. The van der Waals surface area contributed by atoms with Gasteiger partial charge in [-0.3, -0.25) is 4.79 Å². The van der Waals surface area contributed by atoms with Gasteiger partial charge in [0.2, 0.25) is 0 Å². The second kappa shape index (κ2) is 11.2. The fourth-order valence-electron chi connectivity index (χ4n) is 2.68. The summed E-state index contributed by atoms with van der Waals surface area (Å²) in [5.41, 5.74) is 4.52. The van der Waals surface area contributed by atoms with Crippen LogP contribution in [0.4, 0.5) is 0 Å². The highest BCUT2D eigenvalue weighted by Crippen LogP contribution is 2.34. The molecule has 0 aliphatic carbocycles. The topological polar surface area (TPSA) is 69.2 Å². The fraction of sp³-hybridized carbons (Fsp3) is 0.130. The molecule has 3 rings (SSSR count). The molecule has 166 valence electrons. The van der Waals surface area contributed by atoms with Crippen molar-refractivity contribution in [3.05, 3.63) is 85.8 Å². The van der Waals surface area contributed by atoms with E-state index in [1.54, 1.807) is 62.8 Å². The summed E-state index contributed by atoms with van der Waals surface area (Å²) in [4.78, 5) is 12.2. The van der Waals surface area contributed by atoms with E-state index in [1.165, 1.54) is 6.21 Å². The number of hydrogen-bond acceptors (Lipinski definition) is 5. The van der Waals surface area contributed by atoms with Crippen LogP contribution in [0.3, 0.4) is 0 Å². The normalized spacial score (nSPS) is 10.8. The molecule has 0 saturated carbocycles. The van der Waals surface area contributed by atoms with Gasteiger partial charge in [0.25, 0.3) is 5.91 Å². The van der Waals surface area contributed by atoms with Gasteiger partial charge in [0.15, 0.2) is 11.5 Å². The van der Waals surface area contributed by atoms with Gasteiger partial charge >= 0.3 is 0 Å². The molecule has 0 heterocycles. The largest absolute Gasteiger partial charge is 0.497 e. The average molecular weight is 538 g/mol. The zero-order chi connectivity index (χ0) is 23.1. The summed E-state index contributed by atoms with van der Waals surface area (Å²) in [6.45, 7) is 0.283. The third-order valence-corrected chi connectivity index (χ3v) is 5.81. The van der Waals surface area contributed by atoms with Gasteiger partial charge in [-0.05, 0) is 70.0 Å². The predicted molar refractivity (Wildman–Crippen MR) is 130 cm³/mol. The molecule has 0 aliphatic rings. The van der Waals surface area contributed by atoms with Crippen LogP contribution in [0.5, 0.6) is 17.2 Å². The molecule has 0 radical (unpaired) electrons. The summed E-state index contributed by atoms with van der Waals surface area (Å²) in [6, 6.07) is 15.5. The van der Waals surface area contributed by atoms with Crippen molar-refractivity contribution in [1.82, 2.24) is 5.43 Å². The highest BCUT2D eigenvalue weighted by molar-refractivity contribution is 9.10. The molecule has 0 saturated heterocycles. The number of nitrogens with zero attached hydrogens (tertiary/aromatic N) is 1. The number of carbonyl (C=O) groups excluding carboxylic acids is 1. The van der Waals surface area contributed by atoms with Crippen molar-refractivity contribution in [2.75, 3.05) is 14.2 Å². The maximum atomic E-state index is 12.2. The first-order chi connectivity index (χ1) is 15.4. The fourth-order valence-corrected chi connectivity index (χ4v) is 3.43.